The highest BCUT2D eigenvalue weighted by molar-refractivity contribution is 7.15. The molecule has 21 heavy (non-hydrogen) atoms. The molecule has 0 radical (unpaired) electrons. The highest BCUT2D eigenvalue weighted by Crippen LogP contribution is 2.22. The van der Waals surface area contributed by atoms with Gasteiger partial charge in [0.25, 0.3) is 0 Å². The summed E-state index contributed by atoms with van der Waals surface area (Å²) < 4.78 is 5.22. The van der Waals surface area contributed by atoms with Crippen LogP contribution in [-0.4, -0.2) is 23.2 Å². The van der Waals surface area contributed by atoms with Gasteiger partial charge in [-0.25, -0.2) is 0 Å². The Balaban J connectivity index is 2.02. The number of ether oxygens (including phenoxy) is 1. The molecule has 0 aliphatic heterocycles. The molecule has 0 fully saturated rings. The fourth-order valence-electron chi connectivity index (χ4n) is 1.64. The van der Waals surface area contributed by atoms with E-state index in [1.807, 2.05) is 38.1 Å². The van der Waals surface area contributed by atoms with E-state index < -0.39 is 0 Å². The molecule has 2 aromatic rings. The Labute approximate surface area is 127 Å². The van der Waals surface area contributed by atoms with Crippen molar-refractivity contribution in [3.05, 3.63) is 40.9 Å². The maximum atomic E-state index is 11.9. The number of aromatic nitrogens is 2. The van der Waals surface area contributed by atoms with Crippen molar-refractivity contribution in [3.63, 3.8) is 0 Å². The van der Waals surface area contributed by atoms with Gasteiger partial charge in [-0.1, -0.05) is 43.4 Å². The molecule has 5 nitrogen and oxygen atoms in total. The summed E-state index contributed by atoms with van der Waals surface area (Å²) in [5, 5.41) is 12.1. The van der Waals surface area contributed by atoms with Gasteiger partial charge in [0.05, 0.1) is 7.11 Å². The maximum absolute atomic E-state index is 11.9. The standard InChI is InChI=1S/C15H17N3O2S/c1-10(2)14-17-18-15(21-14)16-13(19)9-8-11-6-4-5-7-12(11)20-3/h4-10H,1-3H3,(H,16,18,19)/b9-8+. The molecule has 0 aliphatic carbocycles. The third-order valence-electron chi connectivity index (χ3n) is 2.72. The van der Waals surface area contributed by atoms with Gasteiger partial charge in [0, 0.05) is 17.6 Å². The van der Waals surface area contributed by atoms with Crippen LogP contribution in [0.1, 0.15) is 30.3 Å². The first-order valence-electron chi connectivity index (χ1n) is 6.55. The van der Waals surface area contributed by atoms with Crippen LogP contribution in [-0.2, 0) is 4.79 Å². The van der Waals surface area contributed by atoms with Gasteiger partial charge in [-0.05, 0) is 12.1 Å². The topological polar surface area (TPSA) is 64.1 Å². The number of hydrogen-bond donors (Lipinski definition) is 1. The summed E-state index contributed by atoms with van der Waals surface area (Å²) in [5.74, 6) is 0.782. The van der Waals surface area contributed by atoms with Crippen molar-refractivity contribution in [1.29, 1.82) is 0 Å². The van der Waals surface area contributed by atoms with E-state index in [-0.39, 0.29) is 5.91 Å². The van der Waals surface area contributed by atoms with E-state index in [1.165, 1.54) is 17.4 Å². The van der Waals surface area contributed by atoms with Crippen molar-refractivity contribution in [2.24, 2.45) is 0 Å². The average molecular weight is 303 g/mol. The van der Waals surface area contributed by atoms with E-state index in [1.54, 1.807) is 13.2 Å². The first-order chi connectivity index (χ1) is 10.1. The summed E-state index contributed by atoms with van der Waals surface area (Å²) in [6.45, 7) is 4.07. The van der Waals surface area contributed by atoms with Gasteiger partial charge >= 0.3 is 0 Å². The zero-order valence-electron chi connectivity index (χ0n) is 12.2. The molecule has 1 heterocycles. The minimum absolute atomic E-state index is 0.243. The molecule has 0 bridgehead atoms. The smallest absolute Gasteiger partial charge is 0.250 e. The Bertz CT molecular complexity index is 650. The third-order valence-corrected chi connectivity index (χ3v) is 3.86. The molecular formula is C15H17N3O2S. The summed E-state index contributed by atoms with van der Waals surface area (Å²) in [6.07, 6.45) is 3.16. The molecular weight excluding hydrogens is 286 g/mol. The van der Waals surface area contributed by atoms with Crippen LogP contribution in [0.3, 0.4) is 0 Å². The number of amides is 1. The van der Waals surface area contributed by atoms with Crippen LogP contribution in [0.2, 0.25) is 0 Å². The zero-order valence-corrected chi connectivity index (χ0v) is 13.0. The second-order valence-electron chi connectivity index (χ2n) is 4.66. The molecule has 2 rings (SSSR count). The fraction of sp³-hybridized carbons (Fsp3) is 0.267. The molecule has 1 amide bonds. The minimum atomic E-state index is -0.243. The Kier molecular flexibility index (Phi) is 5.05. The molecule has 0 spiro atoms. The molecule has 110 valence electrons. The molecule has 0 unspecified atom stereocenters. The minimum Gasteiger partial charge on any atom is -0.496 e. The summed E-state index contributed by atoms with van der Waals surface area (Å²) in [7, 11) is 1.60. The SMILES string of the molecule is COc1ccccc1/C=C/C(=O)Nc1nnc(C(C)C)s1. The lowest BCUT2D eigenvalue weighted by molar-refractivity contribution is -0.111. The number of rotatable bonds is 5. The Morgan fingerprint density at radius 1 is 1.33 bits per heavy atom. The molecule has 1 N–H and O–H groups in total. The van der Waals surface area contributed by atoms with E-state index in [0.29, 0.717) is 11.0 Å². The van der Waals surface area contributed by atoms with E-state index in [0.717, 1.165) is 16.3 Å². The lowest BCUT2D eigenvalue weighted by Crippen LogP contribution is -2.07. The normalized spacial score (nSPS) is 11.0. The number of hydrogen-bond acceptors (Lipinski definition) is 5. The Morgan fingerprint density at radius 2 is 2.10 bits per heavy atom. The number of carbonyl (C=O) groups is 1. The van der Waals surface area contributed by atoms with Crippen LogP contribution >= 0.6 is 11.3 Å². The molecule has 0 saturated carbocycles. The monoisotopic (exact) mass is 303 g/mol. The predicted molar refractivity (Wildman–Crippen MR) is 84.7 cm³/mol. The summed E-state index contributed by atoms with van der Waals surface area (Å²) >= 11 is 1.39. The second kappa shape index (κ2) is 6.99. The van der Waals surface area contributed by atoms with Gasteiger partial charge in [0.1, 0.15) is 10.8 Å². The van der Waals surface area contributed by atoms with Gasteiger partial charge < -0.3 is 4.74 Å². The van der Waals surface area contributed by atoms with E-state index >= 15 is 0 Å². The molecule has 1 aromatic heterocycles. The highest BCUT2D eigenvalue weighted by Gasteiger charge is 2.09. The molecule has 0 aliphatic rings. The number of nitrogens with zero attached hydrogens (tertiary/aromatic N) is 2. The van der Waals surface area contributed by atoms with Crippen molar-refractivity contribution < 1.29 is 9.53 Å². The van der Waals surface area contributed by atoms with Crippen LogP contribution in [0.25, 0.3) is 6.08 Å². The molecule has 1 aromatic carbocycles. The number of benzene rings is 1. The lowest BCUT2D eigenvalue weighted by Gasteiger charge is -2.03. The van der Waals surface area contributed by atoms with E-state index in [4.69, 9.17) is 4.74 Å². The summed E-state index contributed by atoms with van der Waals surface area (Å²) in [5.41, 5.74) is 0.843. The van der Waals surface area contributed by atoms with Gasteiger partial charge in [-0.3, -0.25) is 10.1 Å². The van der Waals surface area contributed by atoms with Crippen molar-refractivity contribution in [2.75, 3.05) is 12.4 Å². The van der Waals surface area contributed by atoms with Crippen molar-refractivity contribution in [1.82, 2.24) is 10.2 Å². The van der Waals surface area contributed by atoms with Crippen LogP contribution < -0.4 is 10.1 Å². The maximum Gasteiger partial charge on any atom is 0.250 e. The van der Waals surface area contributed by atoms with Gasteiger partial charge in [-0.2, -0.15) is 0 Å². The quantitative estimate of drug-likeness (QED) is 0.861. The number of anilines is 1. The van der Waals surface area contributed by atoms with Crippen LogP contribution in [0, 0.1) is 0 Å². The van der Waals surface area contributed by atoms with Gasteiger partial charge in [-0.15, -0.1) is 10.2 Å². The average Bonchev–Trinajstić information content (AvgIpc) is 2.94. The Morgan fingerprint density at radius 3 is 2.76 bits per heavy atom. The van der Waals surface area contributed by atoms with Gasteiger partial charge in [0.15, 0.2) is 0 Å². The zero-order chi connectivity index (χ0) is 15.2. The van der Waals surface area contributed by atoms with Crippen molar-refractivity contribution in [2.45, 2.75) is 19.8 Å². The third kappa shape index (κ3) is 4.13. The predicted octanol–water partition coefficient (Wildman–Crippen LogP) is 3.32. The second-order valence-corrected chi connectivity index (χ2v) is 5.67. The largest absolute Gasteiger partial charge is 0.496 e. The first kappa shape index (κ1) is 15.2. The number of nitrogens with one attached hydrogen (secondary N) is 1. The van der Waals surface area contributed by atoms with Crippen LogP contribution in [0.15, 0.2) is 30.3 Å². The summed E-state index contributed by atoms with van der Waals surface area (Å²) in [6, 6.07) is 7.49. The van der Waals surface area contributed by atoms with E-state index in [9.17, 15) is 4.79 Å². The van der Waals surface area contributed by atoms with Crippen LogP contribution in [0.5, 0.6) is 5.75 Å². The number of methoxy groups -OCH3 is 1. The van der Waals surface area contributed by atoms with E-state index in [2.05, 4.69) is 15.5 Å². The van der Waals surface area contributed by atoms with Crippen molar-refractivity contribution >= 4 is 28.5 Å². The summed E-state index contributed by atoms with van der Waals surface area (Å²) in [4.78, 5) is 11.9. The first-order valence-corrected chi connectivity index (χ1v) is 7.37. The molecule has 0 atom stereocenters. The van der Waals surface area contributed by atoms with Crippen molar-refractivity contribution in [3.8, 4) is 5.75 Å². The number of para-hydroxylation sites is 1. The molecule has 6 heteroatoms. The lowest BCUT2D eigenvalue weighted by atomic mass is 10.2. The number of carbonyl (C=O) groups excluding carboxylic acids is 1. The van der Waals surface area contributed by atoms with Crippen LogP contribution in [0.4, 0.5) is 5.13 Å². The Hall–Kier alpha value is -2.21. The fourth-order valence-corrected chi connectivity index (χ4v) is 2.38. The highest BCUT2D eigenvalue weighted by atomic mass is 32.1. The molecule has 0 saturated heterocycles. The van der Waals surface area contributed by atoms with Gasteiger partial charge in [0.2, 0.25) is 11.0 Å².